The number of benzene rings is 1. The van der Waals surface area contributed by atoms with Crippen LogP contribution < -0.4 is 10.6 Å². The molecule has 3 nitrogen and oxygen atoms in total. The first-order valence-electron chi connectivity index (χ1n) is 5.05. The topological polar surface area (TPSA) is 41.1 Å². The Morgan fingerprint density at radius 1 is 1.56 bits per heavy atom. The Hall–Kier alpha value is -0.740. The molecule has 0 heterocycles. The molecule has 0 radical (unpaired) electrons. The van der Waals surface area contributed by atoms with Crippen molar-refractivity contribution in [1.82, 2.24) is 5.32 Å². The standard InChI is InChI=1S/C11H14BrClN2O/c1-3-7(2)14-11(16)15-10-5-4-8(12)6-9(10)13/h4-7H,3H2,1-2H3,(H2,14,15,16)/t7-/m0/s1. The Balaban J connectivity index is 2.63. The number of urea groups is 1. The normalized spacial score (nSPS) is 12.0. The minimum atomic E-state index is -0.237. The number of carbonyl (C=O) groups is 1. The molecule has 0 aromatic heterocycles. The molecule has 0 saturated heterocycles. The Kier molecular flexibility index (Phi) is 5.09. The lowest BCUT2D eigenvalue weighted by Gasteiger charge is -2.13. The molecule has 0 saturated carbocycles. The monoisotopic (exact) mass is 304 g/mol. The predicted octanol–water partition coefficient (Wildman–Crippen LogP) is 4.02. The lowest BCUT2D eigenvalue weighted by atomic mass is 10.3. The highest BCUT2D eigenvalue weighted by Gasteiger charge is 2.07. The van der Waals surface area contributed by atoms with E-state index in [-0.39, 0.29) is 12.1 Å². The summed E-state index contributed by atoms with van der Waals surface area (Å²) in [6.45, 7) is 3.96. The van der Waals surface area contributed by atoms with Crippen molar-refractivity contribution in [2.45, 2.75) is 26.3 Å². The average Bonchev–Trinajstić information content (AvgIpc) is 2.22. The third kappa shape index (κ3) is 4.02. The van der Waals surface area contributed by atoms with E-state index >= 15 is 0 Å². The summed E-state index contributed by atoms with van der Waals surface area (Å²) in [5.74, 6) is 0. The summed E-state index contributed by atoms with van der Waals surface area (Å²) in [5.41, 5.74) is 0.602. The lowest BCUT2D eigenvalue weighted by molar-refractivity contribution is 0.249. The lowest BCUT2D eigenvalue weighted by Crippen LogP contribution is -2.35. The van der Waals surface area contributed by atoms with Gasteiger partial charge in [0.2, 0.25) is 0 Å². The molecule has 0 spiro atoms. The zero-order chi connectivity index (χ0) is 12.1. The summed E-state index contributed by atoms with van der Waals surface area (Å²) in [4.78, 5) is 11.5. The van der Waals surface area contributed by atoms with Gasteiger partial charge in [0.25, 0.3) is 0 Å². The molecule has 0 aliphatic heterocycles. The minimum absolute atomic E-state index is 0.147. The van der Waals surface area contributed by atoms with Crippen LogP contribution in [-0.4, -0.2) is 12.1 Å². The quantitative estimate of drug-likeness (QED) is 0.870. The molecular formula is C11H14BrClN2O. The van der Waals surface area contributed by atoms with E-state index in [1.54, 1.807) is 12.1 Å². The highest BCUT2D eigenvalue weighted by atomic mass is 79.9. The van der Waals surface area contributed by atoms with E-state index in [0.717, 1.165) is 10.9 Å². The van der Waals surface area contributed by atoms with Gasteiger partial charge in [-0.15, -0.1) is 0 Å². The molecule has 1 aromatic carbocycles. The summed E-state index contributed by atoms with van der Waals surface area (Å²) < 4.78 is 0.880. The van der Waals surface area contributed by atoms with Gasteiger partial charge in [0.15, 0.2) is 0 Å². The second kappa shape index (κ2) is 6.11. The van der Waals surface area contributed by atoms with Crippen molar-refractivity contribution in [3.8, 4) is 0 Å². The number of hydrogen-bond donors (Lipinski definition) is 2. The third-order valence-electron chi connectivity index (χ3n) is 2.17. The molecule has 0 unspecified atom stereocenters. The first kappa shape index (κ1) is 13.3. The zero-order valence-corrected chi connectivity index (χ0v) is 11.5. The molecule has 0 bridgehead atoms. The van der Waals surface area contributed by atoms with Crippen LogP contribution in [-0.2, 0) is 0 Å². The first-order chi connectivity index (χ1) is 7.52. The fourth-order valence-corrected chi connectivity index (χ4v) is 1.80. The largest absolute Gasteiger partial charge is 0.335 e. The Morgan fingerprint density at radius 3 is 2.81 bits per heavy atom. The van der Waals surface area contributed by atoms with E-state index in [4.69, 9.17) is 11.6 Å². The van der Waals surface area contributed by atoms with Crippen LogP contribution in [0, 0.1) is 0 Å². The highest BCUT2D eigenvalue weighted by Crippen LogP contribution is 2.25. The van der Waals surface area contributed by atoms with Gasteiger partial charge in [0.1, 0.15) is 0 Å². The molecular weight excluding hydrogens is 291 g/mol. The number of nitrogens with one attached hydrogen (secondary N) is 2. The van der Waals surface area contributed by atoms with Crippen molar-refractivity contribution < 1.29 is 4.79 Å². The Bertz CT molecular complexity index is 384. The van der Waals surface area contributed by atoms with Gasteiger partial charge in [-0.2, -0.15) is 0 Å². The summed E-state index contributed by atoms with van der Waals surface area (Å²) >= 11 is 9.27. The van der Waals surface area contributed by atoms with Gasteiger partial charge in [-0.25, -0.2) is 4.79 Å². The number of hydrogen-bond acceptors (Lipinski definition) is 1. The van der Waals surface area contributed by atoms with Crippen molar-refractivity contribution in [3.05, 3.63) is 27.7 Å². The molecule has 1 rings (SSSR count). The van der Waals surface area contributed by atoms with Crippen molar-refractivity contribution in [1.29, 1.82) is 0 Å². The SMILES string of the molecule is CC[C@H](C)NC(=O)Nc1ccc(Br)cc1Cl. The van der Waals surface area contributed by atoms with E-state index in [0.29, 0.717) is 10.7 Å². The molecule has 1 atom stereocenters. The van der Waals surface area contributed by atoms with Crippen molar-refractivity contribution >= 4 is 39.2 Å². The molecule has 5 heteroatoms. The maximum absolute atomic E-state index is 11.5. The smallest absolute Gasteiger partial charge is 0.319 e. The predicted molar refractivity (Wildman–Crippen MR) is 71.1 cm³/mol. The highest BCUT2D eigenvalue weighted by molar-refractivity contribution is 9.10. The van der Waals surface area contributed by atoms with Gasteiger partial charge < -0.3 is 10.6 Å². The van der Waals surface area contributed by atoms with Crippen LogP contribution in [0.3, 0.4) is 0 Å². The van der Waals surface area contributed by atoms with Crippen molar-refractivity contribution in [3.63, 3.8) is 0 Å². The fourth-order valence-electron chi connectivity index (χ4n) is 1.08. The second-order valence-electron chi connectivity index (χ2n) is 3.53. The van der Waals surface area contributed by atoms with Crippen LogP contribution >= 0.6 is 27.5 Å². The van der Waals surface area contributed by atoms with Crippen LogP contribution in [0.5, 0.6) is 0 Å². The summed E-state index contributed by atoms with van der Waals surface area (Å²) in [6, 6.07) is 5.22. The van der Waals surface area contributed by atoms with Crippen molar-refractivity contribution in [2.24, 2.45) is 0 Å². The number of amides is 2. The van der Waals surface area contributed by atoms with Crippen LogP contribution in [0.1, 0.15) is 20.3 Å². The van der Waals surface area contributed by atoms with Crippen molar-refractivity contribution in [2.75, 3.05) is 5.32 Å². The molecule has 2 amide bonds. The zero-order valence-electron chi connectivity index (χ0n) is 9.18. The van der Waals surface area contributed by atoms with Crippen LogP contribution in [0.4, 0.5) is 10.5 Å². The second-order valence-corrected chi connectivity index (χ2v) is 4.85. The number of carbonyl (C=O) groups excluding carboxylic acids is 1. The maximum Gasteiger partial charge on any atom is 0.319 e. The van der Waals surface area contributed by atoms with Gasteiger partial charge in [0.05, 0.1) is 10.7 Å². The van der Waals surface area contributed by atoms with Gasteiger partial charge in [-0.05, 0) is 31.5 Å². The maximum atomic E-state index is 11.5. The van der Waals surface area contributed by atoms with E-state index in [1.165, 1.54) is 0 Å². The van der Waals surface area contributed by atoms with Gasteiger partial charge in [-0.3, -0.25) is 0 Å². The van der Waals surface area contributed by atoms with Gasteiger partial charge >= 0.3 is 6.03 Å². The van der Waals surface area contributed by atoms with Crippen LogP contribution in [0.15, 0.2) is 22.7 Å². The fraction of sp³-hybridized carbons (Fsp3) is 0.364. The molecule has 0 aliphatic carbocycles. The molecule has 0 fully saturated rings. The third-order valence-corrected chi connectivity index (χ3v) is 2.98. The molecule has 16 heavy (non-hydrogen) atoms. The summed E-state index contributed by atoms with van der Waals surface area (Å²) in [5, 5.41) is 6.01. The Morgan fingerprint density at radius 2 is 2.25 bits per heavy atom. The van der Waals surface area contributed by atoms with E-state index in [1.807, 2.05) is 19.9 Å². The van der Waals surface area contributed by atoms with Crippen LogP contribution in [0.2, 0.25) is 5.02 Å². The number of halogens is 2. The molecule has 1 aromatic rings. The number of anilines is 1. The van der Waals surface area contributed by atoms with Gasteiger partial charge in [-0.1, -0.05) is 34.5 Å². The van der Waals surface area contributed by atoms with E-state index in [9.17, 15) is 4.79 Å². The Labute approximate surface area is 109 Å². The van der Waals surface area contributed by atoms with Gasteiger partial charge in [0, 0.05) is 10.5 Å². The van der Waals surface area contributed by atoms with Crippen LogP contribution in [0.25, 0.3) is 0 Å². The van der Waals surface area contributed by atoms with E-state index in [2.05, 4.69) is 26.6 Å². The summed E-state index contributed by atoms with van der Waals surface area (Å²) in [7, 11) is 0. The summed E-state index contributed by atoms with van der Waals surface area (Å²) in [6.07, 6.45) is 0.890. The minimum Gasteiger partial charge on any atom is -0.335 e. The van der Waals surface area contributed by atoms with E-state index < -0.39 is 0 Å². The molecule has 88 valence electrons. The molecule has 2 N–H and O–H groups in total. The average molecular weight is 306 g/mol. The first-order valence-corrected chi connectivity index (χ1v) is 6.22. The number of rotatable bonds is 3. The molecule has 0 aliphatic rings.